The van der Waals surface area contributed by atoms with E-state index in [0.29, 0.717) is 18.6 Å². The third kappa shape index (κ3) is 2.30. The normalized spacial score (nSPS) is 23.5. The van der Waals surface area contributed by atoms with Crippen molar-refractivity contribution in [1.29, 1.82) is 0 Å². The second-order valence-electron chi connectivity index (χ2n) is 5.50. The number of nitrogens with zero attached hydrogens (tertiary/aromatic N) is 2. The lowest BCUT2D eigenvalue weighted by atomic mass is 10.1. The Kier molecular flexibility index (Phi) is 3.60. The SMILES string of the molecule is Cc1nc2scc(C)n2c1CNC1CCCC1CO. The highest BCUT2D eigenvalue weighted by Gasteiger charge is 2.26. The van der Waals surface area contributed by atoms with Crippen molar-refractivity contribution in [2.24, 2.45) is 5.92 Å². The van der Waals surface area contributed by atoms with Crippen LogP contribution in [0.1, 0.15) is 36.3 Å². The third-order valence-electron chi connectivity index (χ3n) is 4.26. The average molecular weight is 279 g/mol. The summed E-state index contributed by atoms with van der Waals surface area (Å²) in [5.74, 6) is 0.423. The molecule has 1 saturated carbocycles. The molecule has 3 rings (SSSR count). The summed E-state index contributed by atoms with van der Waals surface area (Å²) in [4.78, 5) is 5.69. The molecule has 2 heterocycles. The number of aryl methyl sites for hydroxylation is 2. The van der Waals surface area contributed by atoms with Gasteiger partial charge in [0.2, 0.25) is 0 Å². The van der Waals surface area contributed by atoms with E-state index in [9.17, 15) is 5.11 Å². The molecule has 1 fully saturated rings. The molecule has 0 bridgehead atoms. The average Bonchev–Trinajstić information content (AvgIpc) is 3.05. The van der Waals surface area contributed by atoms with Crippen molar-refractivity contribution in [1.82, 2.24) is 14.7 Å². The molecule has 19 heavy (non-hydrogen) atoms. The van der Waals surface area contributed by atoms with Crippen molar-refractivity contribution in [3.63, 3.8) is 0 Å². The number of aliphatic hydroxyl groups is 1. The molecule has 1 aliphatic carbocycles. The van der Waals surface area contributed by atoms with Crippen LogP contribution in [0.5, 0.6) is 0 Å². The summed E-state index contributed by atoms with van der Waals surface area (Å²) in [6.45, 7) is 5.34. The number of rotatable bonds is 4. The quantitative estimate of drug-likeness (QED) is 0.902. The summed E-state index contributed by atoms with van der Waals surface area (Å²) in [6.07, 6.45) is 3.54. The third-order valence-corrected chi connectivity index (χ3v) is 5.20. The highest BCUT2D eigenvalue weighted by molar-refractivity contribution is 7.15. The molecule has 5 heteroatoms. The second kappa shape index (κ2) is 5.23. The van der Waals surface area contributed by atoms with Crippen LogP contribution in [0.25, 0.3) is 4.96 Å². The molecule has 2 N–H and O–H groups in total. The molecule has 0 saturated heterocycles. The van der Waals surface area contributed by atoms with Gasteiger partial charge in [0.1, 0.15) is 0 Å². The zero-order chi connectivity index (χ0) is 13.4. The molecular formula is C14H21N3OS. The smallest absolute Gasteiger partial charge is 0.194 e. The van der Waals surface area contributed by atoms with Crippen molar-refractivity contribution >= 4 is 16.3 Å². The molecule has 4 nitrogen and oxygen atoms in total. The van der Waals surface area contributed by atoms with Crippen LogP contribution in [0.4, 0.5) is 0 Å². The summed E-state index contributed by atoms with van der Waals surface area (Å²) in [5.41, 5.74) is 3.63. The summed E-state index contributed by atoms with van der Waals surface area (Å²) < 4.78 is 2.25. The van der Waals surface area contributed by atoms with Crippen LogP contribution in [-0.4, -0.2) is 27.1 Å². The van der Waals surface area contributed by atoms with Crippen LogP contribution in [0.2, 0.25) is 0 Å². The van der Waals surface area contributed by atoms with E-state index >= 15 is 0 Å². The van der Waals surface area contributed by atoms with Crippen LogP contribution in [0.15, 0.2) is 5.38 Å². The second-order valence-corrected chi connectivity index (χ2v) is 6.34. The minimum absolute atomic E-state index is 0.302. The van der Waals surface area contributed by atoms with Crippen LogP contribution >= 0.6 is 11.3 Å². The van der Waals surface area contributed by atoms with Gasteiger partial charge in [0, 0.05) is 30.3 Å². The van der Waals surface area contributed by atoms with Gasteiger partial charge >= 0.3 is 0 Å². The van der Waals surface area contributed by atoms with Gasteiger partial charge < -0.3 is 10.4 Å². The van der Waals surface area contributed by atoms with Crippen LogP contribution in [-0.2, 0) is 6.54 Å². The van der Waals surface area contributed by atoms with Crippen LogP contribution in [0.3, 0.4) is 0 Å². The number of nitrogens with one attached hydrogen (secondary N) is 1. The van der Waals surface area contributed by atoms with Gasteiger partial charge in [-0.25, -0.2) is 4.98 Å². The molecule has 0 spiro atoms. The first kappa shape index (κ1) is 13.1. The number of thiazole rings is 1. The fraction of sp³-hybridized carbons (Fsp3) is 0.643. The molecule has 0 amide bonds. The van der Waals surface area contributed by atoms with Crippen molar-refractivity contribution in [2.45, 2.75) is 45.7 Å². The molecule has 2 unspecified atom stereocenters. The maximum atomic E-state index is 9.38. The first-order chi connectivity index (χ1) is 9.20. The van der Waals surface area contributed by atoms with Crippen molar-refractivity contribution in [2.75, 3.05) is 6.61 Å². The molecule has 2 atom stereocenters. The highest BCUT2D eigenvalue weighted by atomic mass is 32.1. The highest BCUT2D eigenvalue weighted by Crippen LogP contribution is 2.26. The number of aromatic nitrogens is 2. The standard InChI is InChI=1S/C14H21N3OS/c1-9-8-19-14-16-10(2)13(17(9)14)6-15-12-5-3-4-11(12)7-18/h8,11-12,15,18H,3-7H2,1-2H3. The van der Waals surface area contributed by atoms with Gasteiger partial charge in [-0.2, -0.15) is 0 Å². The Balaban J connectivity index is 1.78. The monoisotopic (exact) mass is 279 g/mol. The number of fused-ring (bicyclic) bond motifs is 1. The lowest BCUT2D eigenvalue weighted by Crippen LogP contribution is -2.34. The Hall–Kier alpha value is -0.910. The molecule has 0 aliphatic heterocycles. The van der Waals surface area contributed by atoms with Gasteiger partial charge in [0.05, 0.1) is 11.4 Å². The molecular weight excluding hydrogens is 258 g/mol. The molecule has 2 aromatic heterocycles. The minimum Gasteiger partial charge on any atom is -0.396 e. The Labute approximate surface area is 117 Å². The first-order valence-corrected chi connectivity index (χ1v) is 7.85. The van der Waals surface area contributed by atoms with E-state index in [1.165, 1.54) is 24.2 Å². The summed E-state index contributed by atoms with van der Waals surface area (Å²) in [5, 5.41) is 15.1. The minimum atomic E-state index is 0.302. The zero-order valence-electron chi connectivity index (χ0n) is 11.5. The van der Waals surface area contributed by atoms with Crippen molar-refractivity contribution < 1.29 is 5.11 Å². The van der Waals surface area contributed by atoms with E-state index in [1.54, 1.807) is 11.3 Å². The van der Waals surface area contributed by atoms with E-state index < -0.39 is 0 Å². The van der Waals surface area contributed by atoms with Crippen molar-refractivity contribution in [3.05, 3.63) is 22.5 Å². The van der Waals surface area contributed by atoms with Gasteiger partial charge in [-0.05, 0) is 32.6 Å². The Bertz CT molecular complexity index is 575. The molecule has 0 radical (unpaired) electrons. The molecule has 104 valence electrons. The number of hydrogen-bond acceptors (Lipinski definition) is 4. The summed E-state index contributed by atoms with van der Waals surface area (Å²) in [7, 11) is 0. The maximum Gasteiger partial charge on any atom is 0.194 e. The summed E-state index contributed by atoms with van der Waals surface area (Å²) in [6, 6.07) is 0.453. The fourth-order valence-electron chi connectivity index (χ4n) is 3.13. The number of aliphatic hydroxyl groups excluding tert-OH is 1. The van der Waals surface area contributed by atoms with Gasteiger partial charge in [-0.1, -0.05) is 6.42 Å². The van der Waals surface area contributed by atoms with Gasteiger partial charge in [0.15, 0.2) is 4.96 Å². The lowest BCUT2D eigenvalue weighted by Gasteiger charge is -2.19. The molecule has 2 aromatic rings. The van der Waals surface area contributed by atoms with Crippen molar-refractivity contribution in [3.8, 4) is 0 Å². The lowest BCUT2D eigenvalue weighted by molar-refractivity contribution is 0.205. The number of hydrogen-bond donors (Lipinski definition) is 2. The van der Waals surface area contributed by atoms with Gasteiger partial charge in [0.25, 0.3) is 0 Å². The predicted molar refractivity (Wildman–Crippen MR) is 77.6 cm³/mol. The van der Waals surface area contributed by atoms with Crippen LogP contribution < -0.4 is 5.32 Å². The Morgan fingerprint density at radius 3 is 3.11 bits per heavy atom. The largest absolute Gasteiger partial charge is 0.396 e. The summed E-state index contributed by atoms with van der Waals surface area (Å²) >= 11 is 1.70. The van der Waals surface area contributed by atoms with E-state index in [2.05, 4.69) is 33.9 Å². The van der Waals surface area contributed by atoms with Crippen LogP contribution in [0, 0.1) is 19.8 Å². The maximum absolute atomic E-state index is 9.38. The Morgan fingerprint density at radius 1 is 1.47 bits per heavy atom. The predicted octanol–water partition coefficient (Wildman–Crippen LogP) is 2.26. The van der Waals surface area contributed by atoms with E-state index in [0.717, 1.165) is 23.6 Å². The fourth-order valence-corrected chi connectivity index (χ4v) is 4.06. The Morgan fingerprint density at radius 2 is 2.32 bits per heavy atom. The molecule has 1 aliphatic rings. The van der Waals surface area contributed by atoms with Gasteiger partial charge in [-0.15, -0.1) is 11.3 Å². The first-order valence-electron chi connectivity index (χ1n) is 6.97. The topological polar surface area (TPSA) is 49.6 Å². The zero-order valence-corrected chi connectivity index (χ0v) is 12.3. The van der Waals surface area contributed by atoms with E-state index in [4.69, 9.17) is 0 Å². The van der Waals surface area contributed by atoms with Gasteiger partial charge in [-0.3, -0.25) is 4.40 Å². The number of imidazole rings is 1. The molecule has 0 aromatic carbocycles. The van der Waals surface area contributed by atoms with E-state index in [-0.39, 0.29) is 0 Å². The van der Waals surface area contributed by atoms with E-state index in [1.807, 2.05) is 0 Å².